The van der Waals surface area contributed by atoms with Crippen molar-refractivity contribution in [1.29, 1.82) is 0 Å². The number of carbonyl (C=O) groups excluding carboxylic acids is 1. The monoisotopic (exact) mass is 273 g/mol. The van der Waals surface area contributed by atoms with Crippen LogP contribution >= 0.6 is 12.2 Å². The standard InChI is InChI=1S/C13H27N3OS/c1-5-7-11(4)15-12(17)9-16(6-2)8-10(3)13(14)18/h10-11H,5-9H2,1-4H3,(H2,14,18)(H,15,17). The molecule has 0 aromatic rings. The van der Waals surface area contributed by atoms with Gasteiger partial charge in [-0.15, -0.1) is 0 Å². The number of nitrogens with two attached hydrogens (primary N) is 1. The lowest BCUT2D eigenvalue weighted by atomic mass is 10.1. The SMILES string of the molecule is CCCC(C)NC(=O)CN(CC)CC(C)C(N)=S. The molecule has 1 amide bonds. The molecule has 5 heteroatoms. The minimum Gasteiger partial charge on any atom is -0.393 e. The first-order valence-corrected chi connectivity index (χ1v) is 7.12. The highest BCUT2D eigenvalue weighted by Gasteiger charge is 2.15. The summed E-state index contributed by atoms with van der Waals surface area (Å²) in [4.78, 5) is 14.4. The van der Waals surface area contributed by atoms with Crippen molar-refractivity contribution in [2.24, 2.45) is 11.7 Å². The van der Waals surface area contributed by atoms with Crippen LogP contribution in [0.1, 0.15) is 40.5 Å². The summed E-state index contributed by atoms with van der Waals surface area (Å²) in [5.41, 5.74) is 5.59. The van der Waals surface area contributed by atoms with Gasteiger partial charge in [-0.1, -0.05) is 39.4 Å². The predicted octanol–water partition coefficient (Wildman–Crippen LogP) is 1.54. The quantitative estimate of drug-likeness (QED) is 0.626. The van der Waals surface area contributed by atoms with Crippen molar-refractivity contribution >= 4 is 23.1 Å². The second kappa shape index (κ2) is 9.28. The fourth-order valence-corrected chi connectivity index (χ4v) is 1.89. The Bertz CT molecular complexity index is 271. The zero-order valence-electron chi connectivity index (χ0n) is 12.0. The molecule has 3 N–H and O–H groups in total. The smallest absolute Gasteiger partial charge is 0.234 e. The van der Waals surface area contributed by atoms with Gasteiger partial charge in [0.25, 0.3) is 0 Å². The Morgan fingerprint density at radius 1 is 1.39 bits per heavy atom. The Labute approximate surface area is 116 Å². The Kier molecular flexibility index (Phi) is 8.93. The zero-order chi connectivity index (χ0) is 14.1. The molecule has 0 saturated heterocycles. The third-order valence-electron chi connectivity index (χ3n) is 2.96. The third-order valence-corrected chi connectivity index (χ3v) is 3.36. The average molecular weight is 273 g/mol. The van der Waals surface area contributed by atoms with E-state index in [1.54, 1.807) is 0 Å². The van der Waals surface area contributed by atoms with E-state index in [2.05, 4.69) is 17.1 Å². The molecule has 18 heavy (non-hydrogen) atoms. The van der Waals surface area contributed by atoms with Crippen LogP contribution in [0.2, 0.25) is 0 Å². The highest BCUT2D eigenvalue weighted by Crippen LogP contribution is 2.01. The molecular weight excluding hydrogens is 246 g/mol. The molecule has 0 fully saturated rings. The average Bonchev–Trinajstić information content (AvgIpc) is 2.27. The Morgan fingerprint density at radius 3 is 2.44 bits per heavy atom. The van der Waals surface area contributed by atoms with Crippen LogP contribution in [0.4, 0.5) is 0 Å². The van der Waals surface area contributed by atoms with Crippen LogP contribution < -0.4 is 11.1 Å². The van der Waals surface area contributed by atoms with Gasteiger partial charge >= 0.3 is 0 Å². The highest BCUT2D eigenvalue weighted by molar-refractivity contribution is 7.80. The first kappa shape index (κ1) is 17.3. The van der Waals surface area contributed by atoms with Gasteiger partial charge in [0.2, 0.25) is 5.91 Å². The summed E-state index contributed by atoms with van der Waals surface area (Å²) < 4.78 is 0. The number of hydrogen-bond donors (Lipinski definition) is 2. The molecule has 2 atom stereocenters. The van der Waals surface area contributed by atoms with E-state index in [0.717, 1.165) is 25.9 Å². The summed E-state index contributed by atoms with van der Waals surface area (Å²) in [6.45, 7) is 10.2. The van der Waals surface area contributed by atoms with Gasteiger partial charge in [-0.05, 0) is 19.9 Å². The number of nitrogens with one attached hydrogen (secondary N) is 1. The maximum absolute atomic E-state index is 11.8. The molecular formula is C13H27N3OS. The molecule has 4 nitrogen and oxygen atoms in total. The third kappa shape index (κ3) is 7.61. The molecule has 2 unspecified atom stereocenters. The molecule has 0 aliphatic heterocycles. The van der Waals surface area contributed by atoms with E-state index in [0.29, 0.717) is 11.5 Å². The van der Waals surface area contributed by atoms with Crippen LogP contribution in [-0.4, -0.2) is 41.5 Å². The highest BCUT2D eigenvalue weighted by atomic mass is 32.1. The molecule has 0 aliphatic carbocycles. The maximum Gasteiger partial charge on any atom is 0.234 e. The summed E-state index contributed by atoms with van der Waals surface area (Å²) >= 11 is 4.95. The maximum atomic E-state index is 11.8. The Hall–Kier alpha value is -0.680. The minimum atomic E-state index is 0.0768. The Morgan fingerprint density at radius 2 is 2.00 bits per heavy atom. The number of hydrogen-bond acceptors (Lipinski definition) is 3. The lowest BCUT2D eigenvalue weighted by Crippen LogP contribution is -2.43. The van der Waals surface area contributed by atoms with Crippen molar-refractivity contribution in [1.82, 2.24) is 10.2 Å². The predicted molar refractivity (Wildman–Crippen MR) is 80.6 cm³/mol. The zero-order valence-corrected chi connectivity index (χ0v) is 12.8. The van der Waals surface area contributed by atoms with Gasteiger partial charge in [0.15, 0.2) is 0 Å². The van der Waals surface area contributed by atoms with Crippen molar-refractivity contribution in [2.75, 3.05) is 19.6 Å². The molecule has 0 aliphatic rings. The van der Waals surface area contributed by atoms with Crippen LogP contribution in [0.5, 0.6) is 0 Å². The van der Waals surface area contributed by atoms with Crippen LogP contribution in [-0.2, 0) is 4.79 Å². The Balaban J connectivity index is 4.11. The summed E-state index contributed by atoms with van der Waals surface area (Å²) in [6.07, 6.45) is 2.10. The van der Waals surface area contributed by atoms with E-state index in [1.165, 1.54) is 0 Å². The van der Waals surface area contributed by atoms with Gasteiger partial charge < -0.3 is 11.1 Å². The van der Waals surface area contributed by atoms with E-state index in [-0.39, 0.29) is 17.9 Å². The first-order chi connectivity index (χ1) is 8.40. The van der Waals surface area contributed by atoms with Crippen molar-refractivity contribution in [2.45, 2.75) is 46.6 Å². The van der Waals surface area contributed by atoms with Crippen LogP contribution in [0, 0.1) is 5.92 Å². The first-order valence-electron chi connectivity index (χ1n) is 6.71. The van der Waals surface area contributed by atoms with E-state index in [9.17, 15) is 4.79 Å². The van der Waals surface area contributed by atoms with E-state index < -0.39 is 0 Å². The molecule has 0 bridgehead atoms. The van der Waals surface area contributed by atoms with Gasteiger partial charge in [-0.2, -0.15) is 0 Å². The van der Waals surface area contributed by atoms with Gasteiger partial charge in [-0.3, -0.25) is 9.69 Å². The lowest BCUT2D eigenvalue weighted by molar-refractivity contribution is -0.122. The van der Waals surface area contributed by atoms with E-state index in [1.807, 2.05) is 20.8 Å². The fourth-order valence-electron chi connectivity index (χ4n) is 1.81. The molecule has 0 spiro atoms. The number of carbonyl (C=O) groups is 1. The molecule has 0 heterocycles. The van der Waals surface area contributed by atoms with Crippen molar-refractivity contribution in [3.8, 4) is 0 Å². The van der Waals surface area contributed by atoms with E-state index >= 15 is 0 Å². The lowest BCUT2D eigenvalue weighted by Gasteiger charge is -2.24. The summed E-state index contributed by atoms with van der Waals surface area (Å²) in [5, 5.41) is 3.00. The second-order valence-corrected chi connectivity index (χ2v) is 5.36. The number of amides is 1. The van der Waals surface area contributed by atoms with Crippen LogP contribution in [0.25, 0.3) is 0 Å². The summed E-state index contributed by atoms with van der Waals surface area (Å²) in [5.74, 6) is 0.216. The topological polar surface area (TPSA) is 58.4 Å². The summed E-state index contributed by atoms with van der Waals surface area (Å²) in [7, 11) is 0. The second-order valence-electron chi connectivity index (χ2n) is 4.89. The van der Waals surface area contributed by atoms with Crippen LogP contribution in [0.3, 0.4) is 0 Å². The number of likely N-dealkylation sites (N-methyl/N-ethyl adjacent to an activating group) is 1. The molecule has 0 aromatic heterocycles. The molecule has 0 aromatic carbocycles. The van der Waals surface area contributed by atoms with Gasteiger partial charge in [-0.25, -0.2) is 0 Å². The van der Waals surface area contributed by atoms with Crippen molar-refractivity contribution < 1.29 is 4.79 Å². The summed E-state index contributed by atoms with van der Waals surface area (Å²) in [6, 6.07) is 0.245. The normalized spacial score (nSPS) is 14.3. The van der Waals surface area contributed by atoms with Crippen LogP contribution in [0.15, 0.2) is 0 Å². The van der Waals surface area contributed by atoms with Gasteiger partial charge in [0, 0.05) is 18.5 Å². The minimum absolute atomic E-state index is 0.0768. The van der Waals surface area contributed by atoms with Crippen molar-refractivity contribution in [3.63, 3.8) is 0 Å². The van der Waals surface area contributed by atoms with Crippen molar-refractivity contribution in [3.05, 3.63) is 0 Å². The largest absolute Gasteiger partial charge is 0.393 e. The number of thiocarbonyl (C=S) groups is 1. The number of nitrogens with zero attached hydrogens (tertiary/aromatic N) is 1. The number of rotatable bonds is 9. The molecule has 0 rings (SSSR count). The molecule has 106 valence electrons. The van der Waals surface area contributed by atoms with Gasteiger partial charge in [0.1, 0.15) is 0 Å². The fraction of sp³-hybridized carbons (Fsp3) is 0.846. The van der Waals surface area contributed by atoms with Gasteiger partial charge in [0.05, 0.1) is 11.5 Å². The molecule has 0 radical (unpaired) electrons. The molecule has 0 saturated carbocycles. The van der Waals surface area contributed by atoms with E-state index in [4.69, 9.17) is 18.0 Å².